The molecule has 0 saturated heterocycles. The molecule has 0 aliphatic heterocycles. The van der Waals surface area contributed by atoms with E-state index in [1.165, 1.54) is 0 Å². The molecule has 0 aliphatic carbocycles. The van der Waals surface area contributed by atoms with Crippen LogP contribution in [0, 0.1) is 0 Å². The summed E-state index contributed by atoms with van der Waals surface area (Å²) in [6.45, 7) is -0.111. The second-order valence-corrected chi connectivity index (χ2v) is 3.51. The predicted molar refractivity (Wildman–Crippen MR) is 63.6 cm³/mol. The zero-order chi connectivity index (χ0) is 12.5. The molecule has 0 radical (unpaired) electrons. The van der Waals surface area contributed by atoms with Gasteiger partial charge in [0.2, 0.25) is 0 Å². The van der Waals surface area contributed by atoms with E-state index in [-0.39, 0.29) is 19.2 Å². The molecule has 0 bridgehead atoms. The van der Waals surface area contributed by atoms with Crippen molar-refractivity contribution in [1.29, 1.82) is 0 Å². The van der Waals surface area contributed by atoms with E-state index >= 15 is 0 Å². The third-order valence-corrected chi connectivity index (χ3v) is 2.11. The van der Waals surface area contributed by atoms with Crippen LogP contribution in [0.3, 0.4) is 0 Å². The normalized spacial score (nSPS) is 12.6. The van der Waals surface area contributed by atoms with Crippen molar-refractivity contribution in [2.24, 2.45) is 0 Å². The Labute approximate surface area is 100 Å². The molecule has 4 nitrogen and oxygen atoms in total. The molecule has 0 fully saturated rings. The number of hydrogen-bond donors (Lipinski definition) is 2. The van der Waals surface area contributed by atoms with Gasteiger partial charge in [-0.15, -0.1) is 0 Å². The molecule has 1 rings (SSSR count). The molecule has 0 heterocycles. The summed E-state index contributed by atoms with van der Waals surface area (Å²) in [5, 5.41) is 17.6. The lowest BCUT2D eigenvalue weighted by Crippen LogP contribution is -2.10. The van der Waals surface area contributed by atoms with Crippen LogP contribution < -0.4 is 0 Å². The lowest BCUT2D eigenvalue weighted by Gasteiger charge is -2.02. The van der Waals surface area contributed by atoms with Crippen LogP contribution in [-0.4, -0.2) is 35.5 Å². The number of carbonyl (C=O) groups is 1. The molecule has 0 spiro atoms. The van der Waals surface area contributed by atoms with E-state index in [1.54, 1.807) is 36.4 Å². The molecule has 92 valence electrons. The maximum absolute atomic E-state index is 11.5. The molecule has 1 aromatic carbocycles. The Kier molecular flexibility index (Phi) is 5.99. The number of hydrogen-bond acceptors (Lipinski definition) is 4. The molecule has 1 unspecified atom stereocenters. The number of aliphatic hydroxyl groups excluding tert-OH is 2. The fraction of sp³-hybridized carbons (Fsp3) is 0.308. The number of esters is 1. The van der Waals surface area contributed by atoms with Crippen LogP contribution in [0.1, 0.15) is 16.8 Å². The summed E-state index contributed by atoms with van der Waals surface area (Å²) in [7, 11) is 0. The van der Waals surface area contributed by atoms with Gasteiger partial charge in [0.25, 0.3) is 0 Å². The first kappa shape index (κ1) is 13.4. The molecule has 4 heteroatoms. The Bertz CT molecular complexity index is 359. The largest absolute Gasteiger partial charge is 0.458 e. The van der Waals surface area contributed by atoms with Gasteiger partial charge in [0.15, 0.2) is 0 Å². The third-order valence-electron chi connectivity index (χ3n) is 2.11. The van der Waals surface area contributed by atoms with Crippen LogP contribution in [0.4, 0.5) is 0 Å². The highest BCUT2D eigenvalue weighted by molar-refractivity contribution is 5.89. The first-order valence-corrected chi connectivity index (χ1v) is 5.40. The first-order chi connectivity index (χ1) is 8.24. The van der Waals surface area contributed by atoms with Crippen molar-refractivity contribution < 1.29 is 19.7 Å². The number of carbonyl (C=O) groups excluding carboxylic acids is 1. The van der Waals surface area contributed by atoms with E-state index < -0.39 is 6.10 Å². The maximum Gasteiger partial charge on any atom is 0.338 e. The Hall–Kier alpha value is -1.65. The second-order valence-electron chi connectivity index (χ2n) is 3.51. The quantitative estimate of drug-likeness (QED) is 0.574. The van der Waals surface area contributed by atoms with Gasteiger partial charge in [0.05, 0.1) is 18.3 Å². The molecule has 0 aromatic heterocycles. The Morgan fingerprint density at radius 1 is 1.29 bits per heavy atom. The summed E-state index contributed by atoms with van der Waals surface area (Å²) < 4.78 is 4.97. The first-order valence-electron chi connectivity index (χ1n) is 5.40. The minimum Gasteiger partial charge on any atom is -0.458 e. The highest BCUT2D eigenvalue weighted by Crippen LogP contribution is 2.01. The van der Waals surface area contributed by atoms with E-state index in [0.29, 0.717) is 12.0 Å². The van der Waals surface area contributed by atoms with Crippen LogP contribution in [0.15, 0.2) is 42.5 Å². The van der Waals surface area contributed by atoms with Crippen molar-refractivity contribution in [3.05, 3.63) is 48.0 Å². The zero-order valence-corrected chi connectivity index (χ0v) is 9.45. The molecule has 17 heavy (non-hydrogen) atoms. The molecule has 2 N–H and O–H groups in total. The number of ether oxygens (including phenoxy) is 1. The van der Waals surface area contributed by atoms with Crippen molar-refractivity contribution in [3.63, 3.8) is 0 Å². The SMILES string of the molecule is O=C(OC/C=C/CC(O)CO)c1ccccc1. The zero-order valence-electron chi connectivity index (χ0n) is 9.45. The summed E-state index contributed by atoms with van der Waals surface area (Å²) >= 11 is 0. The van der Waals surface area contributed by atoms with Gasteiger partial charge in [0.1, 0.15) is 6.61 Å². The van der Waals surface area contributed by atoms with Crippen LogP contribution in [0.25, 0.3) is 0 Å². The van der Waals surface area contributed by atoms with Crippen molar-refractivity contribution >= 4 is 5.97 Å². The van der Waals surface area contributed by atoms with Crippen LogP contribution in [0.5, 0.6) is 0 Å². The number of aliphatic hydroxyl groups is 2. The van der Waals surface area contributed by atoms with Crippen molar-refractivity contribution in [2.75, 3.05) is 13.2 Å². The second kappa shape index (κ2) is 7.60. The van der Waals surface area contributed by atoms with Crippen LogP contribution in [-0.2, 0) is 4.74 Å². The summed E-state index contributed by atoms with van der Waals surface area (Å²) in [5.41, 5.74) is 0.510. The summed E-state index contributed by atoms with van der Waals surface area (Å²) in [6, 6.07) is 8.73. The highest BCUT2D eigenvalue weighted by atomic mass is 16.5. The molecular formula is C13H16O4. The standard InChI is InChI=1S/C13H16O4/c14-10-12(15)8-4-5-9-17-13(16)11-6-2-1-3-7-11/h1-7,12,14-15H,8-10H2/b5-4+. The predicted octanol–water partition coefficient (Wildman–Crippen LogP) is 1.14. The van der Waals surface area contributed by atoms with Crippen molar-refractivity contribution in [1.82, 2.24) is 0 Å². The average Bonchev–Trinajstić information content (AvgIpc) is 2.38. The van der Waals surface area contributed by atoms with Gasteiger partial charge in [-0.3, -0.25) is 0 Å². The lowest BCUT2D eigenvalue weighted by molar-refractivity contribution is 0.0548. The van der Waals surface area contributed by atoms with E-state index in [4.69, 9.17) is 14.9 Å². The molecule has 1 aromatic rings. The Morgan fingerprint density at radius 2 is 2.00 bits per heavy atom. The van der Waals surface area contributed by atoms with Gasteiger partial charge in [-0.1, -0.05) is 30.4 Å². The van der Waals surface area contributed by atoms with E-state index in [1.807, 2.05) is 6.07 Å². The number of rotatable bonds is 6. The third kappa shape index (κ3) is 5.29. The molecule has 1 atom stereocenters. The summed E-state index contributed by atoms with van der Waals surface area (Å²) in [6.07, 6.45) is 2.90. The van der Waals surface area contributed by atoms with Crippen molar-refractivity contribution in [3.8, 4) is 0 Å². The van der Waals surface area contributed by atoms with Crippen LogP contribution in [0.2, 0.25) is 0 Å². The minimum atomic E-state index is -0.754. The molecule has 0 saturated carbocycles. The van der Waals surface area contributed by atoms with Gasteiger partial charge in [-0.25, -0.2) is 4.79 Å². The Balaban J connectivity index is 2.25. The molecule has 0 aliphatic rings. The topological polar surface area (TPSA) is 66.8 Å². The van der Waals surface area contributed by atoms with E-state index in [0.717, 1.165) is 0 Å². The lowest BCUT2D eigenvalue weighted by atomic mass is 10.2. The van der Waals surface area contributed by atoms with Gasteiger partial charge in [-0.2, -0.15) is 0 Å². The van der Waals surface area contributed by atoms with Gasteiger partial charge < -0.3 is 14.9 Å². The highest BCUT2D eigenvalue weighted by Gasteiger charge is 2.03. The smallest absolute Gasteiger partial charge is 0.338 e. The monoisotopic (exact) mass is 236 g/mol. The Morgan fingerprint density at radius 3 is 2.65 bits per heavy atom. The van der Waals surface area contributed by atoms with Crippen molar-refractivity contribution in [2.45, 2.75) is 12.5 Å². The fourth-order valence-corrected chi connectivity index (χ4v) is 1.18. The minimum absolute atomic E-state index is 0.159. The fourth-order valence-electron chi connectivity index (χ4n) is 1.18. The van der Waals surface area contributed by atoms with E-state index in [9.17, 15) is 4.79 Å². The van der Waals surface area contributed by atoms with Gasteiger partial charge in [0, 0.05) is 0 Å². The maximum atomic E-state index is 11.5. The molecule has 0 amide bonds. The average molecular weight is 236 g/mol. The molecular weight excluding hydrogens is 220 g/mol. The van der Waals surface area contributed by atoms with Gasteiger partial charge in [-0.05, 0) is 18.6 Å². The summed E-state index contributed by atoms with van der Waals surface area (Å²) in [5.74, 6) is -0.377. The summed E-state index contributed by atoms with van der Waals surface area (Å²) in [4.78, 5) is 11.5. The van der Waals surface area contributed by atoms with Gasteiger partial charge >= 0.3 is 5.97 Å². The number of benzene rings is 1. The van der Waals surface area contributed by atoms with Crippen LogP contribution >= 0.6 is 0 Å². The van der Waals surface area contributed by atoms with E-state index in [2.05, 4.69) is 0 Å².